The molecule has 0 aromatic heterocycles. The zero-order valence-electron chi connectivity index (χ0n) is 15.9. The van der Waals surface area contributed by atoms with Crippen LogP contribution in [0.15, 0.2) is 59.1 Å². The van der Waals surface area contributed by atoms with Gasteiger partial charge in [0.05, 0.1) is 5.41 Å². The summed E-state index contributed by atoms with van der Waals surface area (Å²) in [6, 6.07) is 18.5. The molecule has 146 valence electrons. The van der Waals surface area contributed by atoms with E-state index in [1.807, 2.05) is 30.3 Å². The third-order valence-corrected chi connectivity index (χ3v) is 6.83. The number of imide groups is 1. The van der Waals surface area contributed by atoms with Crippen LogP contribution >= 0.6 is 15.9 Å². The Kier molecular flexibility index (Phi) is 5.65. The topological polar surface area (TPSA) is 49.4 Å². The summed E-state index contributed by atoms with van der Waals surface area (Å²) in [6.07, 6.45) is 2.96. The Morgan fingerprint density at radius 3 is 2.32 bits per heavy atom. The smallest absolute Gasteiger partial charge is 0.237 e. The van der Waals surface area contributed by atoms with Gasteiger partial charge in [-0.2, -0.15) is 0 Å². The Morgan fingerprint density at radius 2 is 1.68 bits per heavy atom. The van der Waals surface area contributed by atoms with Crippen LogP contribution in [-0.4, -0.2) is 29.8 Å². The molecule has 28 heavy (non-hydrogen) atoms. The molecule has 2 aliphatic heterocycles. The summed E-state index contributed by atoms with van der Waals surface area (Å²) in [6.45, 7) is 2.87. The summed E-state index contributed by atoms with van der Waals surface area (Å²) in [5.41, 5.74) is 1.77. The number of amides is 2. The minimum absolute atomic E-state index is 0.110. The van der Waals surface area contributed by atoms with Crippen molar-refractivity contribution in [2.45, 2.75) is 37.6 Å². The normalized spacial score (nSPS) is 24.2. The van der Waals surface area contributed by atoms with Gasteiger partial charge in [-0.25, -0.2) is 0 Å². The van der Waals surface area contributed by atoms with Crippen LogP contribution in [0, 0.1) is 5.92 Å². The van der Waals surface area contributed by atoms with Gasteiger partial charge in [-0.05, 0) is 61.5 Å². The molecule has 4 rings (SSSR count). The Hall–Kier alpha value is -1.98. The lowest BCUT2D eigenvalue weighted by Crippen LogP contribution is -2.57. The van der Waals surface area contributed by atoms with Gasteiger partial charge in [-0.1, -0.05) is 58.4 Å². The summed E-state index contributed by atoms with van der Waals surface area (Å²) in [7, 11) is 0. The Labute approximate surface area is 174 Å². The van der Waals surface area contributed by atoms with Crippen molar-refractivity contribution in [3.63, 3.8) is 0 Å². The van der Waals surface area contributed by atoms with Crippen molar-refractivity contribution in [2.24, 2.45) is 5.92 Å². The average molecular weight is 437 g/mol. The van der Waals surface area contributed by atoms with Gasteiger partial charge < -0.3 is 0 Å². The van der Waals surface area contributed by atoms with E-state index in [1.165, 1.54) is 5.56 Å². The standard InChI is InChI=1S/C23H25BrN2O2/c24-20-8-6-17(7-9-20)16-26-14-11-19(12-15-26)23(18-4-2-1-3-5-18)13-10-21(27)25-22(23)28/h1-9,19H,10-16H2,(H,25,27,28)/t23-/m0/s1/i24-4. The first-order chi connectivity index (χ1) is 13.6. The second-order valence-electron chi connectivity index (χ2n) is 7.89. The van der Waals surface area contributed by atoms with Gasteiger partial charge in [-0.15, -0.1) is 0 Å². The van der Waals surface area contributed by atoms with E-state index in [-0.39, 0.29) is 17.7 Å². The Bertz CT molecular complexity index is 845. The average Bonchev–Trinajstić information content (AvgIpc) is 2.72. The van der Waals surface area contributed by atoms with Crippen molar-refractivity contribution in [3.05, 3.63) is 70.2 Å². The molecule has 1 atom stereocenters. The SMILES string of the molecule is O=C1CC[C@](c2ccccc2)(C2CCN(Cc3ccc([76Br])cc3)CC2)C(=O)N1. The number of nitrogens with zero attached hydrogens (tertiary/aromatic N) is 1. The molecule has 0 aliphatic carbocycles. The molecule has 1 N–H and O–H groups in total. The van der Waals surface area contributed by atoms with Crippen LogP contribution in [0.1, 0.15) is 36.8 Å². The first-order valence-corrected chi connectivity index (χ1v) is 10.7. The summed E-state index contributed by atoms with van der Waals surface area (Å²) < 4.78 is 1.10. The van der Waals surface area contributed by atoms with Gasteiger partial charge in [0.15, 0.2) is 0 Å². The number of carbonyl (C=O) groups excluding carboxylic acids is 2. The maximum Gasteiger partial charge on any atom is 0.237 e. The van der Waals surface area contributed by atoms with Crippen molar-refractivity contribution >= 4 is 27.7 Å². The fraction of sp³-hybridized carbons (Fsp3) is 0.391. The number of hydrogen-bond donors (Lipinski definition) is 1. The van der Waals surface area contributed by atoms with Crippen molar-refractivity contribution in [2.75, 3.05) is 13.1 Å². The lowest BCUT2D eigenvalue weighted by atomic mass is 9.62. The summed E-state index contributed by atoms with van der Waals surface area (Å²) >= 11 is 3.49. The highest BCUT2D eigenvalue weighted by molar-refractivity contribution is 9.10. The second-order valence-corrected chi connectivity index (χ2v) is 8.81. The predicted molar refractivity (Wildman–Crippen MR) is 113 cm³/mol. The highest BCUT2D eigenvalue weighted by Crippen LogP contribution is 2.44. The molecule has 0 bridgehead atoms. The summed E-state index contributed by atoms with van der Waals surface area (Å²) in [4.78, 5) is 27.4. The summed E-state index contributed by atoms with van der Waals surface area (Å²) in [5.74, 6) is -0.00490. The van der Waals surface area contributed by atoms with Crippen LogP contribution in [0.5, 0.6) is 0 Å². The molecular weight excluding hydrogens is 412 g/mol. The van der Waals surface area contributed by atoms with E-state index in [2.05, 4.69) is 50.4 Å². The second kappa shape index (κ2) is 8.18. The number of carbonyl (C=O) groups is 2. The number of hydrogen-bond acceptors (Lipinski definition) is 3. The molecule has 0 spiro atoms. The zero-order chi connectivity index (χ0) is 19.6. The minimum atomic E-state index is -0.584. The van der Waals surface area contributed by atoms with Crippen LogP contribution in [-0.2, 0) is 21.5 Å². The molecule has 2 fully saturated rings. The number of benzene rings is 2. The van der Waals surface area contributed by atoms with E-state index in [9.17, 15) is 9.59 Å². The highest BCUT2D eigenvalue weighted by Gasteiger charge is 2.50. The summed E-state index contributed by atoms with van der Waals surface area (Å²) in [5, 5.41) is 2.63. The van der Waals surface area contributed by atoms with Crippen LogP contribution in [0.2, 0.25) is 0 Å². The van der Waals surface area contributed by atoms with Crippen molar-refractivity contribution < 1.29 is 9.59 Å². The monoisotopic (exact) mass is 437 g/mol. The Balaban J connectivity index is 1.51. The zero-order valence-corrected chi connectivity index (χ0v) is 17.5. The van der Waals surface area contributed by atoms with E-state index in [1.54, 1.807) is 0 Å². The van der Waals surface area contributed by atoms with Crippen molar-refractivity contribution in [3.8, 4) is 0 Å². The van der Waals surface area contributed by atoms with Crippen LogP contribution in [0.25, 0.3) is 0 Å². The molecule has 2 saturated heterocycles. The molecule has 5 heteroatoms. The molecule has 2 aliphatic rings. The fourth-order valence-electron chi connectivity index (χ4n) is 4.79. The van der Waals surface area contributed by atoms with Gasteiger partial charge in [0.1, 0.15) is 0 Å². The number of likely N-dealkylation sites (tertiary alicyclic amines) is 1. The molecule has 0 unspecified atom stereocenters. The Morgan fingerprint density at radius 1 is 1.00 bits per heavy atom. The van der Waals surface area contributed by atoms with Crippen LogP contribution in [0.4, 0.5) is 0 Å². The molecule has 2 heterocycles. The first kappa shape index (κ1) is 19.3. The number of halogens is 1. The maximum atomic E-state index is 13.1. The first-order valence-electron chi connectivity index (χ1n) is 9.94. The largest absolute Gasteiger partial charge is 0.299 e. The molecule has 2 amide bonds. The molecule has 4 nitrogen and oxygen atoms in total. The van der Waals surface area contributed by atoms with E-state index in [4.69, 9.17) is 0 Å². The van der Waals surface area contributed by atoms with Crippen molar-refractivity contribution in [1.29, 1.82) is 0 Å². The molecule has 2 aromatic rings. The van der Waals surface area contributed by atoms with E-state index < -0.39 is 5.41 Å². The third kappa shape index (κ3) is 3.78. The quantitative estimate of drug-likeness (QED) is 0.735. The molecule has 0 radical (unpaired) electrons. The van der Waals surface area contributed by atoms with Crippen LogP contribution in [0.3, 0.4) is 0 Å². The maximum absolute atomic E-state index is 13.1. The minimum Gasteiger partial charge on any atom is -0.299 e. The third-order valence-electron chi connectivity index (χ3n) is 6.30. The number of piperidine rings is 2. The van der Waals surface area contributed by atoms with E-state index >= 15 is 0 Å². The molecule has 2 aromatic carbocycles. The van der Waals surface area contributed by atoms with Gasteiger partial charge in [-0.3, -0.25) is 19.8 Å². The number of rotatable bonds is 4. The van der Waals surface area contributed by atoms with Crippen LogP contribution < -0.4 is 5.32 Å². The van der Waals surface area contributed by atoms with Gasteiger partial charge >= 0.3 is 0 Å². The van der Waals surface area contributed by atoms with Gasteiger partial charge in [0.25, 0.3) is 0 Å². The fourth-order valence-corrected chi connectivity index (χ4v) is 5.06. The molecule has 0 saturated carbocycles. The van der Waals surface area contributed by atoms with E-state index in [0.29, 0.717) is 12.8 Å². The number of nitrogens with one attached hydrogen (secondary N) is 1. The molecular formula is C23H25BrN2O2. The van der Waals surface area contributed by atoms with E-state index in [0.717, 1.165) is 42.5 Å². The lowest BCUT2D eigenvalue weighted by molar-refractivity contribution is -0.140. The van der Waals surface area contributed by atoms with Gasteiger partial charge in [0, 0.05) is 17.4 Å². The predicted octanol–water partition coefficient (Wildman–Crippen LogP) is 4.04. The highest BCUT2D eigenvalue weighted by atomic mass is 75.9. The lowest BCUT2D eigenvalue weighted by Gasteiger charge is -2.45. The van der Waals surface area contributed by atoms with Gasteiger partial charge in [0.2, 0.25) is 11.8 Å². The van der Waals surface area contributed by atoms with Crippen molar-refractivity contribution in [1.82, 2.24) is 10.2 Å².